The van der Waals surface area contributed by atoms with Gasteiger partial charge in [-0.1, -0.05) is 111 Å². The molecule has 4 heteroatoms. The molecule has 4 nitrogen and oxygen atoms in total. The number of esters is 2. The Kier molecular flexibility index (Phi) is 21.8. The van der Waals surface area contributed by atoms with Crippen LogP contribution in [0.15, 0.2) is 0 Å². The second kappa shape index (κ2) is 22.6. The van der Waals surface area contributed by atoms with E-state index in [2.05, 4.69) is 13.8 Å². The molecule has 0 N–H and O–H groups in total. The lowest BCUT2D eigenvalue weighted by molar-refractivity contribution is -0.189. The Labute approximate surface area is 186 Å². The summed E-state index contributed by atoms with van der Waals surface area (Å²) in [5.41, 5.74) is 0. The highest BCUT2D eigenvalue weighted by molar-refractivity contribution is 5.71. The van der Waals surface area contributed by atoms with E-state index in [1.54, 1.807) is 0 Å². The molecule has 0 spiro atoms. The van der Waals surface area contributed by atoms with Crippen molar-refractivity contribution in [3.8, 4) is 0 Å². The van der Waals surface area contributed by atoms with Crippen LogP contribution >= 0.6 is 0 Å². The van der Waals surface area contributed by atoms with Gasteiger partial charge in [-0.2, -0.15) is 0 Å². The minimum absolute atomic E-state index is 0.237. The molecule has 0 rings (SSSR count). The van der Waals surface area contributed by atoms with Gasteiger partial charge in [-0.05, 0) is 19.3 Å². The van der Waals surface area contributed by atoms with Crippen LogP contribution in [-0.4, -0.2) is 18.2 Å². The number of carbonyl (C=O) groups excluding carboxylic acids is 2. The summed E-state index contributed by atoms with van der Waals surface area (Å²) in [6.07, 6.45) is 20.7. The third-order valence-corrected chi connectivity index (χ3v) is 5.52. The summed E-state index contributed by atoms with van der Waals surface area (Å²) in [5.74, 6) is -0.473. The predicted molar refractivity (Wildman–Crippen MR) is 125 cm³/mol. The zero-order valence-electron chi connectivity index (χ0n) is 20.4. The molecule has 0 atom stereocenters. The van der Waals surface area contributed by atoms with E-state index in [0.717, 1.165) is 32.1 Å². The molecular weight excluding hydrogens is 376 g/mol. The molecule has 0 saturated carbocycles. The van der Waals surface area contributed by atoms with Crippen LogP contribution in [0.3, 0.4) is 0 Å². The van der Waals surface area contributed by atoms with E-state index < -0.39 is 6.29 Å². The van der Waals surface area contributed by atoms with Crippen LogP contribution in [0.1, 0.15) is 149 Å². The maximum Gasteiger partial charge on any atom is 0.308 e. The van der Waals surface area contributed by atoms with Crippen molar-refractivity contribution in [3.63, 3.8) is 0 Å². The van der Waals surface area contributed by atoms with Gasteiger partial charge < -0.3 is 9.47 Å². The topological polar surface area (TPSA) is 52.6 Å². The van der Waals surface area contributed by atoms with Crippen LogP contribution in [0.5, 0.6) is 0 Å². The van der Waals surface area contributed by atoms with E-state index in [1.165, 1.54) is 77.0 Å². The Hall–Kier alpha value is -1.06. The van der Waals surface area contributed by atoms with Crippen molar-refractivity contribution in [3.05, 3.63) is 0 Å². The first-order chi connectivity index (χ1) is 14.6. The monoisotopic (exact) mass is 426 g/mol. The van der Waals surface area contributed by atoms with E-state index in [-0.39, 0.29) is 11.9 Å². The van der Waals surface area contributed by atoms with E-state index in [1.807, 2.05) is 6.92 Å². The molecule has 178 valence electrons. The molecule has 0 amide bonds. The zero-order valence-corrected chi connectivity index (χ0v) is 20.4. The fourth-order valence-corrected chi connectivity index (χ4v) is 3.60. The van der Waals surface area contributed by atoms with Gasteiger partial charge in [-0.3, -0.25) is 9.59 Å². The van der Waals surface area contributed by atoms with Crippen molar-refractivity contribution in [2.75, 3.05) is 0 Å². The summed E-state index contributed by atoms with van der Waals surface area (Å²) in [4.78, 5) is 24.2. The molecule has 0 aromatic carbocycles. The Morgan fingerprint density at radius 1 is 0.500 bits per heavy atom. The largest absolute Gasteiger partial charge is 0.425 e. The normalized spacial score (nSPS) is 11.1. The van der Waals surface area contributed by atoms with Crippen molar-refractivity contribution < 1.29 is 19.1 Å². The highest BCUT2D eigenvalue weighted by Gasteiger charge is 2.17. The maximum atomic E-state index is 12.1. The summed E-state index contributed by atoms with van der Waals surface area (Å²) in [5, 5.41) is 0. The van der Waals surface area contributed by atoms with E-state index in [0.29, 0.717) is 19.3 Å². The minimum Gasteiger partial charge on any atom is -0.425 e. The Bertz CT molecular complexity index is 360. The van der Waals surface area contributed by atoms with Crippen molar-refractivity contribution in [1.29, 1.82) is 0 Å². The molecule has 30 heavy (non-hydrogen) atoms. The first kappa shape index (κ1) is 28.9. The minimum atomic E-state index is -0.710. The van der Waals surface area contributed by atoms with E-state index in [9.17, 15) is 9.59 Å². The van der Waals surface area contributed by atoms with Crippen molar-refractivity contribution in [1.82, 2.24) is 0 Å². The summed E-state index contributed by atoms with van der Waals surface area (Å²) in [7, 11) is 0. The van der Waals surface area contributed by atoms with Crippen LogP contribution < -0.4 is 0 Å². The van der Waals surface area contributed by atoms with Crippen LogP contribution in [0.25, 0.3) is 0 Å². The molecule has 0 aliphatic heterocycles. The molecular formula is C26H50O4. The molecule has 0 saturated heterocycles. The lowest BCUT2D eigenvalue weighted by Crippen LogP contribution is -2.24. The third kappa shape index (κ3) is 20.2. The van der Waals surface area contributed by atoms with Gasteiger partial charge in [0.1, 0.15) is 0 Å². The third-order valence-electron chi connectivity index (χ3n) is 5.52. The standard InChI is InChI=1S/C26H50O4/c1-4-7-9-11-13-15-17-19-22-24(27)29-26(21-6-3)30-25(28)23-20-18-16-14-12-10-8-5-2/h26H,4-23H2,1-3H3. The fourth-order valence-electron chi connectivity index (χ4n) is 3.60. The van der Waals surface area contributed by atoms with Gasteiger partial charge in [-0.25, -0.2) is 0 Å². The molecule has 0 aromatic rings. The summed E-state index contributed by atoms with van der Waals surface area (Å²) in [6, 6.07) is 0. The molecule has 0 aromatic heterocycles. The highest BCUT2D eigenvalue weighted by Crippen LogP contribution is 2.14. The predicted octanol–water partition coefficient (Wildman–Crippen LogP) is 8.26. The quantitative estimate of drug-likeness (QED) is 0.0993. The second-order valence-corrected chi connectivity index (χ2v) is 8.65. The molecule has 0 heterocycles. The van der Waals surface area contributed by atoms with Gasteiger partial charge >= 0.3 is 11.9 Å². The number of hydrogen-bond acceptors (Lipinski definition) is 4. The zero-order chi connectivity index (χ0) is 22.3. The SMILES string of the molecule is CCCCCCCCCCC(=O)OC(CCC)OC(=O)CCCCCCCCCC. The average Bonchev–Trinajstić information content (AvgIpc) is 2.72. The number of unbranched alkanes of at least 4 members (excludes halogenated alkanes) is 14. The van der Waals surface area contributed by atoms with E-state index in [4.69, 9.17) is 9.47 Å². The smallest absolute Gasteiger partial charge is 0.308 e. The van der Waals surface area contributed by atoms with Crippen LogP contribution in [0, 0.1) is 0 Å². The second-order valence-electron chi connectivity index (χ2n) is 8.65. The van der Waals surface area contributed by atoms with Gasteiger partial charge in [0, 0.05) is 19.3 Å². The number of rotatable bonds is 22. The van der Waals surface area contributed by atoms with Crippen molar-refractivity contribution >= 4 is 11.9 Å². The van der Waals surface area contributed by atoms with Crippen LogP contribution in [0.4, 0.5) is 0 Å². The number of ether oxygens (including phenoxy) is 2. The Morgan fingerprint density at radius 3 is 1.17 bits per heavy atom. The van der Waals surface area contributed by atoms with Crippen molar-refractivity contribution in [2.24, 2.45) is 0 Å². The maximum absolute atomic E-state index is 12.1. The van der Waals surface area contributed by atoms with Gasteiger partial charge in [0.25, 0.3) is 0 Å². The fraction of sp³-hybridized carbons (Fsp3) is 0.923. The van der Waals surface area contributed by atoms with Crippen LogP contribution in [0.2, 0.25) is 0 Å². The van der Waals surface area contributed by atoms with Gasteiger partial charge in [0.15, 0.2) is 0 Å². The molecule has 0 radical (unpaired) electrons. The highest BCUT2D eigenvalue weighted by atomic mass is 16.7. The Balaban J connectivity index is 3.80. The molecule has 0 fully saturated rings. The first-order valence-corrected chi connectivity index (χ1v) is 13.0. The summed E-state index contributed by atoms with van der Waals surface area (Å²) in [6.45, 7) is 6.46. The molecule has 0 aliphatic rings. The van der Waals surface area contributed by atoms with E-state index >= 15 is 0 Å². The Morgan fingerprint density at radius 2 is 0.833 bits per heavy atom. The number of carbonyl (C=O) groups is 2. The van der Waals surface area contributed by atoms with Crippen molar-refractivity contribution in [2.45, 2.75) is 155 Å². The summed E-state index contributed by atoms with van der Waals surface area (Å²) >= 11 is 0. The summed E-state index contributed by atoms with van der Waals surface area (Å²) < 4.78 is 10.8. The lowest BCUT2D eigenvalue weighted by atomic mass is 10.1. The average molecular weight is 427 g/mol. The van der Waals surface area contributed by atoms with Gasteiger partial charge in [-0.15, -0.1) is 0 Å². The number of hydrogen-bond donors (Lipinski definition) is 0. The van der Waals surface area contributed by atoms with Gasteiger partial charge in [0.05, 0.1) is 0 Å². The molecule has 0 aliphatic carbocycles. The van der Waals surface area contributed by atoms with Gasteiger partial charge in [0.2, 0.25) is 6.29 Å². The molecule has 0 unspecified atom stereocenters. The molecule has 0 bridgehead atoms. The first-order valence-electron chi connectivity index (χ1n) is 13.0. The van der Waals surface area contributed by atoms with Crippen LogP contribution in [-0.2, 0) is 19.1 Å². The lowest BCUT2D eigenvalue weighted by Gasteiger charge is -2.18.